The summed E-state index contributed by atoms with van der Waals surface area (Å²) in [6, 6.07) is 4.63. The summed E-state index contributed by atoms with van der Waals surface area (Å²) in [5.41, 5.74) is 7.06. The number of benzene rings is 1. The fourth-order valence-electron chi connectivity index (χ4n) is 1.43. The van der Waals surface area contributed by atoms with Crippen LogP contribution in [0.3, 0.4) is 0 Å². The van der Waals surface area contributed by atoms with Crippen molar-refractivity contribution < 1.29 is 4.39 Å². The van der Waals surface area contributed by atoms with Gasteiger partial charge in [-0.3, -0.25) is 0 Å². The molecule has 0 aliphatic rings. The number of aromatic nitrogens is 2. The first-order chi connectivity index (χ1) is 7.22. The second-order valence-corrected chi connectivity index (χ2v) is 4.29. The molecule has 15 heavy (non-hydrogen) atoms. The summed E-state index contributed by atoms with van der Waals surface area (Å²) in [5.74, 6) is 0.565. The number of rotatable bonds is 3. The number of aryl methyl sites for hydroxylation is 1. The molecule has 3 nitrogen and oxygen atoms in total. The van der Waals surface area contributed by atoms with Crippen molar-refractivity contribution in [2.45, 2.75) is 5.16 Å². The molecule has 1 aromatic carbocycles. The molecule has 2 aromatic rings. The van der Waals surface area contributed by atoms with Crippen LogP contribution < -0.4 is 5.73 Å². The van der Waals surface area contributed by atoms with Crippen LogP contribution in [0.15, 0.2) is 23.4 Å². The highest BCUT2D eigenvalue weighted by Gasteiger charge is 2.07. The highest BCUT2D eigenvalue weighted by molar-refractivity contribution is 7.99. The van der Waals surface area contributed by atoms with Crippen molar-refractivity contribution in [3.8, 4) is 0 Å². The summed E-state index contributed by atoms with van der Waals surface area (Å²) in [6.07, 6.45) is 0. The molecule has 0 unspecified atom stereocenters. The van der Waals surface area contributed by atoms with E-state index in [1.807, 2.05) is 11.6 Å². The molecular formula is C10H12FN3S. The minimum atomic E-state index is -0.254. The number of hydrogen-bond donors (Lipinski definition) is 1. The Kier molecular flexibility index (Phi) is 2.93. The minimum absolute atomic E-state index is 0.254. The molecule has 0 radical (unpaired) electrons. The summed E-state index contributed by atoms with van der Waals surface area (Å²) in [5, 5.41) is 0.876. The van der Waals surface area contributed by atoms with Gasteiger partial charge in [0.25, 0.3) is 0 Å². The number of imidazole rings is 1. The number of nitrogens with two attached hydrogens (primary N) is 1. The maximum atomic E-state index is 13.0. The van der Waals surface area contributed by atoms with Gasteiger partial charge in [0.05, 0.1) is 11.0 Å². The summed E-state index contributed by atoms with van der Waals surface area (Å²) >= 11 is 1.58. The molecule has 2 N–H and O–H groups in total. The van der Waals surface area contributed by atoms with Crippen molar-refractivity contribution in [2.75, 3.05) is 12.3 Å². The zero-order valence-electron chi connectivity index (χ0n) is 8.40. The topological polar surface area (TPSA) is 43.8 Å². The zero-order valence-corrected chi connectivity index (χ0v) is 9.22. The smallest absolute Gasteiger partial charge is 0.168 e. The first-order valence-corrected chi connectivity index (χ1v) is 5.66. The molecule has 0 saturated carbocycles. The van der Waals surface area contributed by atoms with Gasteiger partial charge in [-0.15, -0.1) is 0 Å². The number of halogens is 1. The monoisotopic (exact) mass is 225 g/mol. The van der Waals surface area contributed by atoms with Crippen molar-refractivity contribution in [3.63, 3.8) is 0 Å². The van der Waals surface area contributed by atoms with E-state index in [1.165, 1.54) is 12.1 Å². The highest BCUT2D eigenvalue weighted by Crippen LogP contribution is 2.22. The first-order valence-electron chi connectivity index (χ1n) is 4.67. The Hall–Kier alpha value is -1.07. The van der Waals surface area contributed by atoms with Crippen LogP contribution in [0.25, 0.3) is 11.0 Å². The average molecular weight is 225 g/mol. The Balaban J connectivity index is 2.44. The molecule has 0 aliphatic heterocycles. The lowest BCUT2D eigenvalue weighted by atomic mass is 10.3. The second kappa shape index (κ2) is 4.20. The summed E-state index contributed by atoms with van der Waals surface area (Å²) in [6.45, 7) is 0.613. The molecule has 0 bridgehead atoms. The van der Waals surface area contributed by atoms with Crippen LogP contribution in [-0.2, 0) is 7.05 Å². The van der Waals surface area contributed by atoms with Gasteiger partial charge in [-0.2, -0.15) is 0 Å². The van der Waals surface area contributed by atoms with E-state index in [-0.39, 0.29) is 5.82 Å². The van der Waals surface area contributed by atoms with Crippen LogP contribution in [0.2, 0.25) is 0 Å². The van der Waals surface area contributed by atoms with Crippen LogP contribution >= 0.6 is 11.8 Å². The van der Waals surface area contributed by atoms with Gasteiger partial charge < -0.3 is 10.3 Å². The largest absolute Gasteiger partial charge is 0.330 e. The van der Waals surface area contributed by atoms with Gasteiger partial charge in [-0.05, 0) is 12.1 Å². The van der Waals surface area contributed by atoms with E-state index in [4.69, 9.17) is 5.73 Å². The van der Waals surface area contributed by atoms with Gasteiger partial charge in [0.1, 0.15) is 5.82 Å². The van der Waals surface area contributed by atoms with Gasteiger partial charge in [0.2, 0.25) is 0 Å². The Bertz CT molecular complexity index is 481. The number of thioether (sulfide) groups is 1. The Labute approximate surface area is 91.5 Å². The molecule has 0 aliphatic carbocycles. The predicted molar refractivity (Wildman–Crippen MR) is 60.5 cm³/mol. The van der Waals surface area contributed by atoms with Crippen LogP contribution in [0.5, 0.6) is 0 Å². The fraction of sp³-hybridized carbons (Fsp3) is 0.300. The molecule has 5 heteroatoms. The van der Waals surface area contributed by atoms with E-state index in [0.29, 0.717) is 12.1 Å². The lowest BCUT2D eigenvalue weighted by Crippen LogP contribution is -2.02. The molecule has 1 heterocycles. The fourth-order valence-corrected chi connectivity index (χ4v) is 2.19. The van der Waals surface area contributed by atoms with E-state index in [1.54, 1.807) is 17.8 Å². The molecule has 0 fully saturated rings. The normalized spacial score (nSPS) is 11.1. The molecule has 0 atom stereocenters. The van der Waals surface area contributed by atoms with Crippen molar-refractivity contribution in [1.82, 2.24) is 9.55 Å². The average Bonchev–Trinajstić information content (AvgIpc) is 2.52. The summed E-state index contributed by atoms with van der Waals surface area (Å²) in [4.78, 5) is 4.34. The SMILES string of the molecule is Cn1c(SCCN)nc2cc(F)ccc21. The highest BCUT2D eigenvalue weighted by atomic mass is 32.2. The molecular weight excluding hydrogens is 213 g/mol. The number of nitrogens with zero attached hydrogens (tertiary/aromatic N) is 2. The van der Waals surface area contributed by atoms with Crippen molar-refractivity contribution in [3.05, 3.63) is 24.0 Å². The maximum absolute atomic E-state index is 13.0. The molecule has 0 spiro atoms. The van der Waals surface area contributed by atoms with E-state index in [2.05, 4.69) is 4.98 Å². The number of fused-ring (bicyclic) bond motifs is 1. The third kappa shape index (κ3) is 1.98. The third-order valence-corrected chi connectivity index (χ3v) is 3.21. The predicted octanol–water partition coefficient (Wildman–Crippen LogP) is 1.76. The minimum Gasteiger partial charge on any atom is -0.330 e. The lowest BCUT2D eigenvalue weighted by molar-refractivity contribution is 0.629. The van der Waals surface area contributed by atoms with Gasteiger partial charge >= 0.3 is 0 Å². The van der Waals surface area contributed by atoms with E-state index >= 15 is 0 Å². The lowest BCUT2D eigenvalue weighted by Gasteiger charge is -1.99. The van der Waals surface area contributed by atoms with Gasteiger partial charge in [-0.25, -0.2) is 9.37 Å². The van der Waals surface area contributed by atoms with Crippen LogP contribution in [0, 0.1) is 5.82 Å². The van der Waals surface area contributed by atoms with Crippen molar-refractivity contribution in [1.29, 1.82) is 0 Å². The first kappa shape index (κ1) is 10.4. The van der Waals surface area contributed by atoms with Crippen LogP contribution in [-0.4, -0.2) is 21.8 Å². The van der Waals surface area contributed by atoms with Crippen molar-refractivity contribution in [2.24, 2.45) is 12.8 Å². The van der Waals surface area contributed by atoms with Gasteiger partial charge in [0.15, 0.2) is 5.16 Å². The Morgan fingerprint density at radius 1 is 1.53 bits per heavy atom. The Morgan fingerprint density at radius 3 is 3.07 bits per heavy atom. The van der Waals surface area contributed by atoms with Gasteiger partial charge in [0, 0.05) is 25.4 Å². The molecule has 0 amide bonds. The van der Waals surface area contributed by atoms with Crippen LogP contribution in [0.1, 0.15) is 0 Å². The molecule has 1 aromatic heterocycles. The quantitative estimate of drug-likeness (QED) is 0.809. The second-order valence-electron chi connectivity index (χ2n) is 3.22. The van der Waals surface area contributed by atoms with E-state index in [0.717, 1.165) is 16.4 Å². The summed E-state index contributed by atoms with van der Waals surface area (Å²) in [7, 11) is 1.92. The molecule has 2 rings (SSSR count). The van der Waals surface area contributed by atoms with Crippen LogP contribution in [0.4, 0.5) is 4.39 Å². The van der Waals surface area contributed by atoms with E-state index < -0.39 is 0 Å². The summed E-state index contributed by atoms with van der Waals surface area (Å²) < 4.78 is 14.9. The van der Waals surface area contributed by atoms with Gasteiger partial charge in [-0.1, -0.05) is 11.8 Å². The maximum Gasteiger partial charge on any atom is 0.168 e. The van der Waals surface area contributed by atoms with E-state index in [9.17, 15) is 4.39 Å². The number of hydrogen-bond acceptors (Lipinski definition) is 3. The van der Waals surface area contributed by atoms with Crippen molar-refractivity contribution >= 4 is 22.8 Å². The molecule has 0 saturated heterocycles. The third-order valence-electron chi connectivity index (χ3n) is 2.15. The Morgan fingerprint density at radius 2 is 2.33 bits per heavy atom. The standard InChI is InChI=1S/C10H12FN3S/c1-14-9-3-2-7(11)6-8(9)13-10(14)15-5-4-12/h2-3,6H,4-5,12H2,1H3. The zero-order chi connectivity index (χ0) is 10.8. The molecule has 80 valence electrons.